The van der Waals surface area contributed by atoms with E-state index >= 15 is 0 Å². The van der Waals surface area contributed by atoms with E-state index in [1.54, 1.807) is 6.07 Å². The van der Waals surface area contributed by atoms with Crippen molar-refractivity contribution in [3.8, 4) is 0 Å². The fraction of sp³-hybridized carbons (Fsp3) is 0.250. The molecule has 0 bridgehead atoms. The minimum Gasteiger partial charge on any atom is -0.330 e. The smallest absolute Gasteiger partial charge is 0.196 e. The second-order valence-corrected chi connectivity index (χ2v) is 3.75. The van der Waals surface area contributed by atoms with E-state index in [0.717, 1.165) is 6.07 Å². The van der Waals surface area contributed by atoms with Crippen LogP contribution < -0.4 is 5.73 Å². The predicted molar refractivity (Wildman–Crippen MR) is 59.0 cm³/mol. The minimum absolute atomic E-state index is 0.140. The van der Waals surface area contributed by atoms with Gasteiger partial charge in [-0.05, 0) is 31.5 Å². The van der Waals surface area contributed by atoms with Crippen LogP contribution in [0.15, 0.2) is 18.2 Å². The first kappa shape index (κ1) is 11.9. The number of aryl methyl sites for hydroxylation is 1. The van der Waals surface area contributed by atoms with Crippen molar-refractivity contribution in [1.29, 1.82) is 0 Å². The summed E-state index contributed by atoms with van der Waals surface area (Å²) in [5.74, 6) is -3.93. The largest absolute Gasteiger partial charge is 0.330 e. The Labute approximate surface area is 96.3 Å². The molecule has 0 radical (unpaired) electrons. The van der Waals surface area contributed by atoms with E-state index in [0.29, 0.717) is 25.1 Å². The van der Waals surface area contributed by atoms with Crippen molar-refractivity contribution >= 4 is 10.9 Å². The third-order valence-corrected chi connectivity index (χ3v) is 2.51. The average Bonchev–Trinajstić information content (AvgIpc) is 2.34. The van der Waals surface area contributed by atoms with Crippen molar-refractivity contribution in [3.05, 3.63) is 41.3 Å². The van der Waals surface area contributed by atoms with Gasteiger partial charge < -0.3 is 5.73 Å². The maximum absolute atomic E-state index is 13.5. The van der Waals surface area contributed by atoms with Gasteiger partial charge in [0.15, 0.2) is 17.5 Å². The van der Waals surface area contributed by atoms with Gasteiger partial charge in [0.25, 0.3) is 0 Å². The molecule has 2 N–H and O–H groups in total. The number of aromatic nitrogens is 1. The van der Waals surface area contributed by atoms with Crippen LogP contribution in [0, 0.1) is 17.5 Å². The quantitative estimate of drug-likeness (QED) is 0.837. The topological polar surface area (TPSA) is 38.9 Å². The molecule has 0 aliphatic carbocycles. The highest BCUT2D eigenvalue weighted by Crippen LogP contribution is 2.21. The van der Waals surface area contributed by atoms with Crippen LogP contribution in [0.5, 0.6) is 0 Å². The van der Waals surface area contributed by atoms with Crippen LogP contribution in [0.2, 0.25) is 0 Å². The maximum atomic E-state index is 13.5. The highest BCUT2D eigenvalue weighted by molar-refractivity contribution is 5.79. The summed E-state index contributed by atoms with van der Waals surface area (Å²) in [4.78, 5) is 3.98. The van der Waals surface area contributed by atoms with Crippen LogP contribution in [-0.4, -0.2) is 11.5 Å². The predicted octanol–water partition coefficient (Wildman–Crippen LogP) is 2.54. The fourth-order valence-corrected chi connectivity index (χ4v) is 1.63. The number of nitrogens with two attached hydrogens (primary N) is 1. The van der Waals surface area contributed by atoms with Crippen LogP contribution in [-0.2, 0) is 6.42 Å². The number of hydrogen-bond acceptors (Lipinski definition) is 2. The summed E-state index contributed by atoms with van der Waals surface area (Å²) >= 11 is 0. The summed E-state index contributed by atoms with van der Waals surface area (Å²) in [6.07, 6.45) is 1.30. The van der Waals surface area contributed by atoms with Crippen molar-refractivity contribution in [2.24, 2.45) is 5.73 Å². The molecule has 17 heavy (non-hydrogen) atoms. The van der Waals surface area contributed by atoms with Gasteiger partial charge >= 0.3 is 0 Å². The van der Waals surface area contributed by atoms with Gasteiger partial charge in [0, 0.05) is 11.1 Å². The van der Waals surface area contributed by atoms with Crippen molar-refractivity contribution in [1.82, 2.24) is 4.98 Å². The van der Waals surface area contributed by atoms with Crippen molar-refractivity contribution < 1.29 is 13.2 Å². The summed E-state index contributed by atoms with van der Waals surface area (Å²) in [5, 5.41) is 0.248. The Morgan fingerprint density at radius 2 is 1.88 bits per heavy atom. The molecule has 90 valence electrons. The van der Waals surface area contributed by atoms with Gasteiger partial charge in [-0.15, -0.1) is 0 Å². The average molecular weight is 240 g/mol. The van der Waals surface area contributed by atoms with E-state index in [2.05, 4.69) is 4.98 Å². The molecule has 5 heteroatoms. The molecule has 0 spiro atoms. The minimum atomic E-state index is -1.49. The Bertz CT molecular complexity index is 555. The molecular weight excluding hydrogens is 229 g/mol. The molecule has 0 fully saturated rings. The Morgan fingerprint density at radius 1 is 1.12 bits per heavy atom. The van der Waals surface area contributed by atoms with E-state index in [1.807, 2.05) is 0 Å². The molecule has 2 aromatic rings. The lowest BCUT2D eigenvalue weighted by atomic mass is 10.1. The summed E-state index contributed by atoms with van der Waals surface area (Å²) < 4.78 is 39.4. The van der Waals surface area contributed by atoms with Gasteiger partial charge in [-0.25, -0.2) is 18.2 Å². The highest BCUT2D eigenvalue weighted by Gasteiger charge is 2.14. The Morgan fingerprint density at radius 3 is 2.59 bits per heavy atom. The molecule has 0 saturated heterocycles. The number of nitrogens with zero attached hydrogens (tertiary/aromatic N) is 1. The zero-order valence-electron chi connectivity index (χ0n) is 9.01. The van der Waals surface area contributed by atoms with E-state index in [4.69, 9.17) is 5.73 Å². The summed E-state index contributed by atoms with van der Waals surface area (Å²) in [7, 11) is 0. The van der Waals surface area contributed by atoms with Crippen LogP contribution in [0.1, 0.15) is 12.1 Å². The van der Waals surface area contributed by atoms with Gasteiger partial charge in [0.05, 0.1) is 0 Å². The summed E-state index contributed by atoms with van der Waals surface area (Å²) in [6, 6.07) is 4.13. The third-order valence-electron chi connectivity index (χ3n) is 2.51. The molecule has 1 aromatic carbocycles. The lowest BCUT2D eigenvalue weighted by Gasteiger charge is -2.04. The van der Waals surface area contributed by atoms with Gasteiger partial charge in [0.2, 0.25) is 0 Å². The van der Waals surface area contributed by atoms with E-state index in [9.17, 15) is 13.2 Å². The van der Waals surface area contributed by atoms with Crippen LogP contribution in [0.25, 0.3) is 10.9 Å². The number of benzene rings is 1. The number of hydrogen-bond donors (Lipinski definition) is 1. The van der Waals surface area contributed by atoms with E-state index < -0.39 is 17.5 Å². The Hall–Kier alpha value is -1.62. The first-order valence-corrected chi connectivity index (χ1v) is 5.26. The van der Waals surface area contributed by atoms with Gasteiger partial charge in [-0.2, -0.15) is 0 Å². The van der Waals surface area contributed by atoms with E-state index in [1.165, 1.54) is 6.07 Å². The van der Waals surface area contributed by atoms with Gasteiger partial charge in [-0.1, -0.05) is 6.07 Å². The number of fused-ring (bicyclic) bond motifs is 1. The second kappa shape index (κ2) is 4.71. The molecule has 0 atom stereocenters. The van der Waals surface area contributed by atoms with Crippen LogP contribution in [0.3, 0.4) is 0 Å². The first-order valence-electron chi connectivity index (χ1n) is 5.26. The van der Waals surface area contributed by atoms with Crippen molar-refractivity contribution in [2.45, 2.75) is 12.8 Å². The first-order chi connectivity index (χ1) is 8.13. The number of halogens is 3. The van der Waals surface area contributed by atoms with Crippen LogP contribution in [0.4, 0.5) is 13.2 Å². The monoisotopic (exact) mass is 240 g/mol. The standard InChI is InChI=1S/C12H11F3N2/c13-9-6-7-3-4-8(2-1-5-16)17-12(7)11(15)10(9)14/h3-4,6H,1-2,5,16H2. The van der Waals surface area contributed by atoms with Crippen molar-refractivity contribution in [2.75, 3.05) is 6.54 Å². The lowest BCUT2D eigenvalue weighted by Crippen LogP contribution is -2.02. The summed E-state index contributed by atoms with van der Waals surface area (Å²) in [6.45, 7) is 0.500. The van der Waals surface area contributed by atoms with Gasteiger partial charge in [-0.3, -0.25) is 0 Å². The Kier molecular flexibility index (Phi) is 3.28. The third kappa shape index (κ3) is 2.24. The second-order valence-electron chi connectivity index (χ2n) is 3.75. The molecule has 1 aromatic heterocycles. The molecule has 0 aliphatic heterocycles. The molecule has 0 unspecified atom stereocenters. The normalized spacial score (nSPS) is 11.1. The number of rotatable bonds is 3. The van der Waals surface area contributed by atoms with Crippen LogP contribution >= 0.6 is 0 Å². The molecular formula is C12H11F3N2. The molecule has 2 nitrogen and oxygen atoms in total. The molecule has 0 aliphatic rings. The maximum Gasteiger partial charge on any atom is 0.196 e. The highest BCUT2D eigenvalue weighted by atomic mass is 19.2. The molecule has 0 amide bonds. The number of pyridine rings is 1. The Balaban J connectivity index is 2.53. The zero-order valence-corrected chi connectivity index (χ0v) is 9.01. The van der Waals surface area contributed by atoms with E-state index in [-0.39, 0.29) is 10.9 Å². The van der Waals surface area contributed by atoms with Crippen molar-refractivity contribution in [3.63, 3.8) is 0 Å². The zero-order chi connectivity index (χ0) is 12.4. The SMILES string of the molecule is NCCCc1ccc2cc(F)c(F)c(F)c2n1. The molecule has 2 rings (SSSR count). The van der Waals surface area contributed by atoms with Gasteiger partial charge in [0.1, 0.15) is 5.52 Å². The molecule has 0 saturated carbocycles. The summed E-state index contributed by atoms with van der Waals surface area (Å²) in [5.41, 5.74) is 5.83. The lowest BCUT2D eigenvalue weighted by molar-refractivity contribution is 0.452. The molecule has 1 heterocycles. The fourth-order valence-electron chi connectivity index (χ4n) is 1.63.